The Balaban J connectivity index is 2.42. The molecule has 2 atom stereocenters. The molecule has 0 aromatic rings. The molecule has 1 aliphatic rings. The lowest BCUT2D eigenvalue weighted by molar-refractivity contribution is -0.132. The van der Waals surface area contributed by atoms with Gasteiger partial charge in [-0.05, 0) is 19.3 Å². The minimum absolute atomic E-state index is 0.0858. The van der Waals surface area contributed by atoms with Crippen molar-refractivity contribution in [2.24, 2.45) is 11.3 Å². The van der Waals surface area contributed by atoms with Gasteiger partial charge < -0.3 is 10.6 Å². The third kappa shape index (κ3) is 4.17. The number of hydrogen-bond donors (Lipinski definition) is 2. The second kappa shape index (κ2) is 5.55. The minimum atomic E-state index is -0.461. The van der Waals surface area contributed by atoms with Gasteiger partial charge in [0.2, 0.25) is 5.91 Å². The highest BCUT2D eigenvalue weighted by Crippen LogP contribution is 2.20. The van der Waals surface area contributed by atoms with E-state index in [1.54, 1.807) is 6.92 Å². The first kappa shape index (κ1) is 14.7. The van der Waals surface area contributed by atoms with Gasteiger partial charge in [0.1, 0.15) is 0 Å². The first-order valence-electron chi connectivity index (χ1n) is 6.45. The van der Waals surface area contributed by atoms with E-state index in [9.17, 15) is 9.59 Å². The fraction of sp³-hybridized carbons (Fsp3) is 0.714. The topological polar surface area (TPSA) is 58.2 Å². The summed E-state index contributed by atoms with van der Waals surface area (Å²) in [5, 5.41) is 5.92. The van der Waals surface area contributed by atoms with Crippen LogP contribution in [-0.4, -0.2) is 24.3 Å². The molecule has 1 amide bonds. The Labute approximate surface area is 109 Å². The second-order valence-electron chi connectivity index (χ2n) is 6.17. The molecule has 4 nitrogen and oxygen atoms in total. The van der Waals surface area contributed by atoms with E-state index < -0.39 is 11.5 Å². The predicted octanol–water partition coefficient (Wildman–Crippen LogP) is 1.62. The van der Waals surface area contributed by atoms with Crippen molar-refractivity contribution in [3.8, 4) is 0 Å². The molecule has 0 aromatic carbocycles. The van der Waals surface area contributed by atoms with Gasteiger partial charge in [-0.1, -0.05) is 27.4 Å². The van der Waals surface area contributed by atoms with Gasteiger partial charge in [-0.2, -0.15) is 0 Å². The number of ketones is 1. The number of hydrogen-bond acceptors (Lipinski definition) is 3. The lowest BCUT2D eigenvalue weighted by Crippen LogP contribution is -2.44. The molecule has 1 saturated heterocycles. The summed E-state index contributed by atoms with van der Waals surface area (Å²) in [6, 6.07) is -0.411. The average Bonchev–Trinajstić information content (AvgIpc) is 2.62. The molecule has 2 N–H and O–H groups in total. The Kier molecular flexibility index (Phi) is 4.54. The van der Waals surface area contributed by atoms with Crippen molar-refractivity contribution < 1.29 is 9.59 Å². The molecule has 18 heavy (non-hydrogen) atoms. The normalized spacial score (nSPS) is 21.3. The van der Waals surface area contributed by atoms with Gasteiger partial charge in [-0.15, -0.1) is 0 Å². The number of nitrogens with one attached hydrogen (secondary N) is 2. The number of carbonyl (C=O) groups excluding carboxylic acids is 2. The summed E-state index contributed by atoms with van der Waals surface area (Å²) in [5.41, 5.74) is 0.539. The Morgan fingerprint density at radius 2 is 2.11 bits per heavy atom. The van der Waals surface area contributed by atoms with Crippen LogP contribution in [0, 0.1) is 11.3 Å². The largest absolute Gasteiger partial charge is 0.389 e. The molecule has 1 aliphatic heterocycles. The van der Waals surface area contributed by atoms with Crippen LogP contribution in [0.1, 0.15) is 40.5 Å². The third-order valence-corrected chi connectivity index (χ3v) is 3.18. The van der Waals surface area contributed by atoms with Crippen LogP contribution in [0.4, 0.5) is 0 Å². The van der Waals surface area contributed by atoms with Crippen molar-refractivity contribution in [3.63, 3.8) is 0 Å². The summed E-state index contributed by atoms with van der Waals surface area (Å²) in [6.07, 6.45) is 1.35. The predicted molar refractivity (Wildman–Crippen MR) is 71.9 cm³/mol. The fourth-order valence-corrected chi connectivity index (χ4v) is 1.88. The van der Waals surface area contributed by atoms with Crippen molar-refractivity contribution in [1.29, 1.82) is 0 Å². The molecule has 0 radical (unpaired) electrons. The average molecular weight is 252 g/mol. The van der Waals surface area contributed by atoms with Crippen molar-refractivity contribution in [1.82, 2.24) is 10.6 Å². The molecule has 1 heterocycles. The molecule has 0 spiro atoms. The van der Waals surface area contributed by atoms with E-state index in [1.165, 1.54) is 0 Å². The Bertz CT molecular complexity index is 355. The molecular formula is C14H24N2O2. The molecule has 0 saturated carbocycles. The van der Waals surface area contributed by atoms with Crippen molar-refractivity contribution >= 4 is 11.7 Å². The van der Waals surface area contributed by atoms with Crippen LogP contribution in [0.25, 0.3) is 0 Å². The lowest BCUT2D eigenvalue weighted by Gasteiger charge is -2.21. The van der Waals surface area contributed by atoms with Crippen LogP contribution in [-0.2, 0) is 9.59 Å². The second-order valence-corrected chi connectivity index (χ2v) is 6.17. The smallest absolute Gasteiger partial charge is 0.225 e. The van der Waals surface area contributed by atoms with Crippen LogP contribution >= 0.6 is 0 Å². The maximum absolute atomic E-state index is 12.0. The van der Waals surface area contributed by atoms with Crippen LogP contribution in [0.15, 0.2) is 12.3 Å². The van der Waals surface area contributed by atoms with Crippen LogP contribution in [0.5, 0.6) is 0 Å². The van der Waals surface area contributed by atoms with Gasteiger partial charge in [0, 0.05) is 24.1 Å². The van der Waals surface area contributed by atoms with Gasteiger partial charge >= 0.3 is 0 Å². The lowest BCUT2D eigenvalue weighted by atomic mass is 9.94. The SMILES string of the molecule is C=C1C[C@@H](CC(=O)[C@H](C)NC(=O)C(C)(C)C)CN1. The molecule has 1 rings (SSSR count). The highest BCUT2D eigenvalue weighted by atomic mass is 16.2. The number of allylic oxidation sites excluding steroid dienone is 1. The quantitative estimate of drug-likeness (QED) is 0.799. The Morgan fingerprint density at radius 3 is 2.56 bits per heavy atom. The maximum atomic E-state index is 12.0. The summed E-state index contributed by atoms with van der Waals surface area (Å²) in [4.78, 5) is 23.8. The van der Waals surface area contributed by atoms with E-state index in [-0.39, 0.29) is 11.7 Å². The van der Waals surface area contributed by atoms with Crippen molar-refractivity contribution in [2.75, 3.05) is 6.54 Å². The summed E-state index contributed by atoms with van der Waals surface area (Å²) < 4.78 is 0. The fourth-order valence-electron chi connectivity index (χ4n) is 1.88. The van der Waals surface area contributed by atoms with E-state index in [0.29, 0.717) is 12.3 Å². The zero-order valence-electron chi connectivity index (χ0n) is 11.8. The third-order valence-electron chi connectivity index (χ3n) is 3.18. The minimum Gasteiger partial charge on any atom is -0.389 e. The van der Waals surface area contributed by atoms with Gasteiger partial charge in [0.15, 0.2) is 5.78 Å². The molecule has 0 aromatic heterocycles. The van der Waals surface area contributed by atoms with Crippen molar-refractivity contribution in [3.05, 3.63) is 12.3 Å². The first-order valence-corrected chi connectivity index (χ1v) is 6.45. The number of rotatable bonds is 4. The standard InChI is InChI=1S/C14H24N2O2/c1-9-6-11(8-15-9)7-12(17)10(2)16-13(18)14(3,4)5/h10-11,15H,1,6-8H2,2-5H3,(H,16,18)/t10-,11-/m0/s1. The van der Waals surface area contributed by atoms with Crippen LogP contribution in [0.2, 0.25) is 0 Å². The summed E-state index contributed by atoms with van der Waals surface area (Å²) in [7, 11) is 0. The Morgan fingerprint density at radius 1 is 1.50 bits per heavy atom. The maximum Gasteiger partial charge on any atom is 0.225 e. The summed E-state index contributed by atoms with van der Waals surface area (Å²) >= 11 is 0. The molecule has 0 aliphatic carbocycles. The highest BCUT2D eigenvalue weighted by Gasteiger charge is 2.27. The van der Waals surface area contributed by atoms with Crippen molar-refractivity contribution in [2.45, 2.75) is 46.6 Å². The number of carbonyl (C=O) groups is 2. The van der Waals surface area contributed by atoms with E-state index in [0.717, 1.165) is 18.7 Å². The number of Topliss-reactive ketones (excluding diaryl/α,β-unsaturated/α-hetero) is 1. The van der Waals surface area contributed by atoms with E-state index >= 15 is 0 Å². The molecule has 4 heteroatoms. The van der Waals surface area contributed by atoms with E-state index in [4.69, 9.17) is 0 Å². The van der Waals surface area contributed by atoms with Gasteiger partial charge in [-0.3, -0.25) is 9.59 Å². The zero-order valence-corrected chi connectivity index (χ0v) is 11.8. The summed E-state index contributed by atoms with van der Waals surface area (Å²) in [6.45, 7) is 11.9. The molecular weight excluding hydrogens is 228 g/mol. The Hall–Kier alpha value is -1.32. The molecule has 0 unspecified atom stereocenters. The van der Waals surface area contributed by atoms with E-state index in [2.05, 4.69) is 17.2 Å². The first-order chi connectivity index (χ1) is 8.20. The summed E-state index contributed by atoms with van der Waals surface area (Å²) in [5.74, 6) is 0.324. The molecule has 1 fully saturated rings. The van der Waals surface area contributed by atoms with Crippen LogP contribution < -0.4 is 10.6 Å². The zero-order chi connectivity index (χ0) is 13.9. The van der Waals surface area contributed by atoms with Crippen LogP contribution in [0.3, 0.4) is 0 Å². The number of amides is 1. The van der Waals surface area contributed by atoms with Gasteiger partial charge in [-0.25, -0.2) is 0 Å². The molecule has 0 bridgehead atoms. The molecule has 102 valence electrons. The van der Waals surface area contributed by atoms with Gasteiger partial charge in [0.25, 0.3) is 0 Å². The van der Waals surface area contributed by atoms with E-state index in [1.807, 2.05) is 20.8 Å². The monoisotopic (exact) mass is 252 g/mol. The van der Waals surface area contributed by atoms with Gasteiger partial charge in [0.05, 0.1) is 6.04 Å². The highest BCUT2D eigenvalue weighted by molar-refractivity contribution is 5.90.